The van der Waals surface area contributed by atoms with E-state index >= 15 is 0 Å². The molecule has 0 bridgehead atoms. The average Bonchev–Trinajstić information content (AvgIpc) is 3.39. The quantitative estimate of drug-likeness (QED) is 0.607. The Bertz CT molecular complexity index is 1040. The summed E-state index contributed by atoms with van der Waals surface area (Å²) in [5.41, 5.74) is 2.16. The molecule has 0 radical (unpaired) electrons. The van der Waals surface area contributed by atoms with Gasteiger partial charge in [0.15, 0.2) is 17.3 Å². The highest BCUT2D eigenvalue weighted by molar-refractivity contribution is 5.92. The molecule has 0 aromatic heterocycles. The number of benzene rings is 2. The van der Waals surface area contributed by atoms with E-state index < -0.39 is 5.97 Å². The van der Waals surface area contributed by atoms with E-state index in [-0.39, 0.29) is 36.5 Å². The van der Waals surface area contributed by atoms with Crippen LogP contribution in [0.1, 0.15) is 40.7 Å². The van der Waals surface area contributed by atoms with Crippen LogP contribution in [0.5, 0.6) is 11.5 Å². The van der Waals surface area contributed by atoms with Crippen molar-refractivity contribution in [2.75, 3.05) is 13.3 Å². The molecule has 0 aliphatic carbocycles. The maximum absolute atomic E-state index is 12.4. The van der Waals surface area contributed by atoms with Crippen LogP contribution in [0, 0.1) is 0 Å². The molecular weight excluding hydrogens is 410 g/mol. The van der Waals surface area contributed by atoms with Crippen molar-refractivity contribution in [3.63, 3.8) is 0 Å². The first kappa shape index (κ1) is 21.6. The van der Waals surface area contributed by atoms with E-state index in [1.54, 1.807) is 36.4 Å². The predicted molar refractivity (Wildman–Crippen MR) is 117 cm³/mol. The van der Waals surface area contributed by atoms with Gasteiger partial charge in [0.1, 0.15) is 0 Å². The van der Waals surface area contributed by atoms with E-state index in [4.69, 9.17) is 14.6 Å². The maximum atomic E-state index is 12.4. The summed E-state index contributed by atoms with van der Waals surface area (Å²) in [6.07, 6.45) is 6.39. The van der Waals surface area contributed by atoms with Crippen LogP contribution in [0.25, 0.3) is 0 Å². The summed E-state index contributed by atoms with van der Waals surface area (Å²) in [7, 11) is 0. The Labute approximate surface area is 186 Å². The summed E-state index contributed by atoms with van der Waals surface area (Å²) in [5.74, 6) is 0.479. The summed E-state index contributed by atoms with van der Waals surface area (Å²) >= 11 is 0. The smallest absolute Gasteiger partial charge is 0.335 e. The van der Waals surface area contributed by atoms with Gasteiger partial charge in [-0.05, 0) is 60.7 Å². The molecule has 2 aromatic carbocycles. The van der Waals surface area contributed by atoms with Gasteiger partial charge in [-0.25, -0.2) is 4.79 Å². The summed E-state index contributed by atoms with van der Waals surface area (Å²) in [4.78, 5) is 37.5. The van der Waals surface area contributed by atoms with Gasteiger partial charge in [-0.15, -0.1) is 0 Å². The number of likely N-dealkylation sites (tertiary alicyclic amines) is 1. The topological polar surface area (TPSA) is 93.1 Å². The summed E-state index contributed by atoms with van der Waals surface area (Å²) in [5, 5.41) is 8.98. The Kier molecular flexibility index (Phi) is 6.54. The molecule has 1 saturated heterocycles. The second-order valence-corrected chi connectivity index (χ2v) is 7.99. The Hall–Kier alpha value is -3.61. The molecule has 1 unspecified atom stereocenters. The molecule has 1 N–H and O–H groups in total. The number of amides is 1. The summed E-state index contributed by atoms with van der Waals surface area (Å²) in [6.45, 7) is 0.802. The number of carboxylic acid groups (broad SMARTS) is 1. The molecule has 4 rings (SSSR count). The summed E-state index contributed by atoms with van der Waals surface area (Å²) in [6, 6.07) is 12.2. The van der Waals surface area contributed by atoms with Gasteiger partial charge in [0.25, 0.3) is 0 Å². The minimum atomic E-state index is -0.943. The zero-order valence-electron chi connectivity index (χ0n) is 17.7. The first-order valence-corrected chi connectivity index (χ1v) is 10.7. The highest BCUT2D eigenvalue weighted by atomic mass is 16.7. The highest BCUT2D eigenvalue weighted by Crippen LogP contribution is 2.32. The Morgan fingerprint density at radius 2 is 1.81 bits per heavy atom. The van der Waals surface area contributed by atoms with Gasteiger partial charge < -0.3 is 19.5 Å². The molecule has 2 aliphatic rings. The number of hydrogen-bond donors (Lipinski definition) is 1. The van der Waals surface area contributed by atoms with E-state index in [2.05, 4.69) is 0 Å². The third-order valence-corrected chi connectivity index (χ3v) is 5.76. The number of ether oxygens (including phenoxy) is 2. The van der Waals surface area contributed by atoms with Gasteiger partial charge >= 0.3 is 5.97 Å². The number of hydrogen-bond acceptors (Lipinski definition) is 5. The maximum Gasteiger partial charge on any atom is 0.335 e. The number of nitrogens with zero attached hydrogens (tertiary/aromatic N) is 1. The predicted octanol–water partition coefficient (Wildman–Crippen LogP) is 3.41. The van der Waals surface area contributed by atoms with Crippen molar-refractivity contribution in [2.24, 2.45) is 0 Å². The normalized spacial score (nSPS) is 17.3. The van der Waals surface area contributed by atoms with E-state index in [1.165, 1.54) is 0 Å². The minimum Gasteiger partial charge on any atom is -0.478 e. The fraction of sp³-hybridized carbons (Fsp3) is 0.320. The van der Waals surface area contributed by atoms with Crippen molar-refractivity contribution in [1.82, 2.24) is 4.90 Å². The van der Waals surface area contributed by atoms with Crippen LogP contribution in [0.3, 0.4) is 0 Å². The Balaban J connectivity index is 1.28. The lowest BCUT2D eigenvalue weighted by Gasteiger charge is -2.22. The number of ketones is 1. The molecular formula is C25H25NO6. The number of aryl methyl sites for hydroxylation is 1. The SMILES string of the molecule is O=C(/C=C/C1CCC(=O)N1CCCc1ccc(C(=O)O)cc1)Cc1ccc2c(c1)OCO2. The van der Waals surface area contributed by atoms with Crippen LogP contribution in [0.2, 0.25) is 0 Å². The zero-order valence-corrected chi connectivity index (χ0v) is 17.7. The molecule has 1 amide bonds. The fourth-order valence-electron chi connectivity index (χ4n) is 4.04. The van der Waals surface area contributed by atoms with Gasteiger partial charge in [-0.3, -0.25) is 9.59 Å². The molecule has 0 spiro atoms. The van der Waals surface area contributed by atoms with Crippen molar-refractivity contribution in [2.45, 2.75) is 38.1 Å². The van der Waals surface area contributed by atoms with Crippen molar-refractivity contribution < 1.29 is 29.0 Å². The van der Waals surface area contributed by atoms with Crippen LogP contribution in [0.15, 0.2) is 54.6 Å². The number of allylic oxidation sites excluding steroid dienone is 1. The van der Waals surface area contributed by atoms with Crippen LogP contribution >= 0.6 is 0 Å². The van der Waals surface area contributed by atoms with Crippen LogP contribution < -0.4 is 9.47 Å². The third-order valence-electron chi connectivity index (χ3n) is 5.76. The second-order valence-electron chi connectivity index (χ2n) is 7.99. The molecule has 2 heterocycles. The zero-order chi connectivity index (χ0) is 22.5. The number of fused-ring (bicyclic) bond motifs is 1. The highest BCUT2D eigenvalue weighted by Gasteiger charge is 2.28. The van der Waals surface area contributed by atoms with Crippen molar-refractivity contribution in [1.29, 1.82) is 0 Å². The van der Waals surface area contributed by atoms with Crippen LogP contribution in [-0.4, -0.2) is 47.0 Å². The van der Waals surface area contributed by atoms with Gasteiger partial charge in [0, 0.05) is 19.4 Å². The van der Waals surface area contributed by atoms with E-state index in [1.807, 2.05) is 23.1 Å². The van der Waals surface area contributed by atoms with Gasteiger partial charge in [0.2, 0.25) is 12.7 Å². The van der Waals surface area contributed by atoms with Gasteiger partial charge in [-0.2, -0.15) is 0 Å². The number of carbonyl (C=O) groups is 3. The first-order valence-electron chi connectivity index (χ1n) is 10.7. The lowest BCUT2D eigenvalue weighted by molar-refractivity contribution is -0.128. The van der Waals surface area contributed by atoms with Crippen molar-refractivity contribution in [3.8, 4) is 11.5 Å². The largest absolute Gasteiger partial charge is 0.478 e. The van der Waals surface area contributed by atoms with E-state index in [9.17, 15) is 14.4 Å². The lowest BCUT2D eigenvalue weighted by atomic mass is 10.1. The number of aromatic carboxylic acids is 1. The van der Waals surface area contributed by atoms with Crippen molar-refractivity contribution >= 4 is 17.7 Å². The molecule has 2 aliphatic heterocycles. The van der Waals surface area contributed by atoms with Crippen molar-refractivity contribution in [3.05, 3.63) is 71.3 Å². The molecule has 2 aromatic rings. The molecule has 32 heavy (non-hydrogen) atoms. The Morgan fingerprint density at radius 1 is 1.06 bits per heavy atom. The molecule has 0 saturated carbocycles. The molecule has 1 fully saturated rings. The number of carboxylic acids is 1. The molecule has 166 valence electrons. The molecule has 1 atom stereocenters. The minimum absolute atomic E-state index is 0.0262. The van der Waals surface area contributed by atoms with Crippen LogP contribution in [0.4, 0.5) is 0 Å². The molecule has 7 nitrogen and oxygen atoms in total. The Morgan fingerprint density at radius 3 is 2.59 bits per heavy atom. The summed E-state index contributed by atoms with van der Waals surface area (Å²) < 4.78 is 10.6. The van der Waals surface area contributed by atoms with E-state index in [0.717, 1.165) is 24.0 Å². The van der Waals surface area contributed by atoms with Gasteiger partial charge in [-0.1, -0.05) is 24.3 Å². The third kappa shape index (κ3) is 5.17. The lowest BCUT2D eigenvalue weighted by Crippen LogP contribution is -2.33. The van der Waals surface area contributed by atoms with Gasteiger partial charge in [0.05, 0.1) is 11.6 Å². The number of carbonyl (C=O) groups excluding carboxylic acids is 2. The monoisotopic (exact) mass is 435 g/mol. The second kappa shape index (κ2) is 9.68. The van der Waals surface area contributed by atoms with Crippen LogP contribution in [-0.2, 0) is 22.4 Å². The molecule has 7 heteroatoms. The first-order chi connectivity index (χ1) is 15.5. The standard InChI is InChI=1S/C25H25NO6/c27-21(14-18-5-11-22-23(15-18)32-16-31-22)10-8-20-9-12-24(28)26(20)13-1-2-17-3-6-19(7-4-17)25(29)30/h3-8,10-11,15,20H,1-2,9,12-14,16H2,(H,29,30)/b10-8+. The average molecular weight is 435 g/mol. The van der Waals surface area contributed by atoms with E-state index in [0.29, 0.717) is 30.9 Å². The number of rotatable bonds is 9. The fourth-order valence-corrected chi connectivity index (χ4v) is 4.04.